The second kappa shape index (κ2) is 10.3. The molecule has 8 heteroatoms. The van der Waals surface area contributed by atoms with Crippen LogP contribution < -0.4 is 10.1 Å². The molecule has 0 aliphatic carbocycles. The zero-order chi connectivity index (χ0) is 20.8. The molecule has 1 heterocycles. The second-order valence-corrected chi connectivity index (χ2v) is 7.79. The third-order valence-corrected chi connectivity index (χ3v) is 5.42. The van der Waals surface area contributed by atoms with Crippen LogP contribution in [0.5, 0.6) is 11.5 Å². The van der Waals surface area contributed by atoms with Gasteiger partial charge < -0.3 is 20.1 Å². The van der Waals surface area contributed by atoms with Crippen molar-refractivity contribution in [2.24, 2.45) is 0 Å². The van der Waals surface area contributed by atoms with Crippen molar-refractivity contribution in [2.75, 3.05) is 26.2 Å². The highest BCUT2D eigenvalue weighted by molar-refractivity contribution is 6.34. The number of hydrogen-bond acceptors (Lipinski definition) is 4. The average Bonchev–Trinajstić information content (AvgIpc) is 2.69. The van der Waals surface area contributed by atoms with Crippen LogP contribution in [0.1, 0.15) is 29.6 Å². The Bertz CT molecular complexity index is 858. The van der Waals surface area contributed by atoms with Crippen molar-refractivity contribution in [3.8, 4) is 11.5 Å². The Labute approximate surface area is 179 Å². The molecule has 0 atom stereocenters. The molecule has 5 nitrogen and oxygen atoms in total. The fourth-order valence-electron chi connectivity index (χ4n) is 3.21. The highest BCUT2D eigenvalue weighted by Gasteiger charge is 2.19. The molecule has 2 N–H and O–H groups in total. The summed E-state index contributed by atoms with van der Waals surface area (Å²) in [5.74, 6) is -0.318. The zero-order valence-electron chi connectivity index (χ0n) is 15.8. The molecule has 0 unspecified atom stereocenters. The van der Waals surface area contributed by atoms with E-state index in [4.69, 9.17) is 27.9 Å². The van der Waals surface area contributed by atoms with Gasteiger partial charge in [-0.3, -0.25) is 4.79 Å². The first kappa shape index (κ1) is 21.8. The van der Waals surface area contributed by atoms with Gasteiger partial charge in [-0.05, 0) is 50.1 Å². The van der Waals surface area contributed by atoms with Gasteiger partial charge in [0.15, 0.2) is 0 Å². The normalized spacial score (nSPS) is 15.3. The molecule has 0 bridgehead atoms. The standard InChI is InChI=1S/C21H23Cl2FN2O3/c22-16-3-1-4-19(29-15-5-6-18(24)17(23)13-15)20(16)21(28)25-9-2-10-26-11-7-14(27)8-12-26/h1,3-6,13-14,27H,2,7-12H2,(H,25,28). The summed E-state index contributed by atoms with van der Waals surface area (Å²) in [7, 11) is 0. The predicted molar refractivity (Wildman–Crippen MR) is 112 cm³/mol. The lowest BCUT2D eigenvalue weighted by atomic mass is 10.1. The van der Waals surface area contributed by atoms with Crippen LogP contribution in [0.15, 0.2) is 36.4 Å². The second-order valence-electron chi connectivity index (χ2n) is 6.97. The van der Waals surface area contributed by atoms with Gasteiger partial charge in [-0.15, -0.1) is 0 Å². The molecule has 2 aromatic carbocycles. The lowest BCUT2D eigenvalue weighted by molar-refractivity contribution is 0.0816. The molecular formula is C21H23Cl2FN2O3. The number of nitrogens with one attached hydrogen (secondary N) is 1. The summed E-state index contributed by atoms with van der Waals surface area (Å²) in [5, 5.41) is 12.6. The Balaban J connectivity index is 1.59. The van der Waals surface area contributed by atoms with E-state index in [0.717, 1.165) is 38.9 Å². The Hall–Kier alpha value is -1.86. The van der Waals surface area contributed by atoms with Crippen molar-refractivity contribution in [3.05, 3.63) is 57.8 Å². The third kappa shape index (κ3) is 6.06. The maximum absolute atomic E-state index is 13.3. The molecule has 1 amide bonds. The molecule has 29 heavy (non-hydrogen) atoms. The SMILES string of the molecule is O=C(NCCCN1CCC(O)CC1)c1c(Cl)cccc1Oc1ccc(F)c(Cl)c1. The Morgan fingerprint density at radius 3 is 2.69 bits per heavy atom. The van der Waals surface area contributed by atoms with Gasteiger partial charge in [0.25, 0.3) is 5.91 Å². The number of hydrogen-bond donors (Lipinski definition) is 2. The van der Waals surface area contributed by atoms with Crippen LogP contribution in [0.25, 0.3) is 0 Å². The van der Waals surface area contributed by atoms with Crippen LogP contribution in [-0.4, -0.2) is 48.2 Å². The van der Waals surface area contributed by atoms with E-state index in [1.807, 2.05) is 0 Å². The molecule has 3 rings (SSSR count). The van der Waals surface area contributed by atoms with Gasteiger partial charge >= 0.3 is 0 Å². The number of likely N-dealkylation sites (tertiary alicyclic amines) is 1. The molecular weight excluding hydrogens is 418 g/mol. The van der Waals surface area contributed by atoms with Crippen LogP contribution in [0.2, 0.25) is 10.0 Å². The zero-order valence-corrected chi connectivity index (χ0v) is 17.3. The summed E-state index contributed by atoms with van der Waals surface area (Å²) in [4.78, 5) is 15.0. The molecule has 0 saturated carbocycles. The van der Waals surface area contributed by atoms with Gasteiger partial charge in [0.05, 0.1) is 16.1 Å². The molecule has 1 fully saturated rings. The minimum absolute atomic E-state index is 0.0687. The number of carbonyl (C=O) groups excluding carboxylic acids is 1. The van der Waals surface area contributed by atoms with E-state index in [-0.39, 0.29) is 33.4 Å². The van der Waals surface area contributed by atoms with Gasteiger partial charge in [-0.2, -0.15) is 0 Å². The van der Waals surface area contributed by atoms with Crippen molar-refractivity contribution in [3.63, 3.8) is 0 Å². The number of piperidine rings is 1. The topological polar surface area (TPSA) is 61.8 Å². The van der Waals surface area contributed by atoms with E-state index in [2.05, 4.69) is 10.2 Å². The maximum Gasteiger partial charge on any atom is 0.256 e. The molecule has 1 aliphatic rings. The van der Waals surface area contributed by atoms with E-state index >= 15 is 0 Å². The largest absolute Gasteiger partial charge is 0.456 e. The number of rotatable bonds is 7. The van der Waals surface area contributed by atoms with Gasteiger partial charge in [0.2, 0.25) is 0 Å². The first-order valence-corrected chi connectivity index (χ1v) is 10.3. The number of carbonyl (C=O) groups is 1. The van der Waals surface area contributed by atoms with E-state index in [0.29, 0.717) is 12.3 Å². The van der Waals surface area contributed by atoms with Crippen LogP contribution in [0, 0.1) is 5.82 Å². The van der Waals surface area contributed by atoms with Crippen molar-refractivity contribution >= 4 is 29.1 Å². The van der Waals surface area contributed by atoms with Gasteiger partial charge in [-0.1, -0.05) is 29.3 Å². The minimum atomic E-state index is -0.550. The van der Waals surface area contributed by atoms with Gasteiger partial charge in [0, 0.05) is 25.7 Å². The minimum Gasteiger partial charge on any atom is -0.456 e. The summed E-state index contributed by atoms with van der Waals surface area (Å²) in [6, 6.07) is 8.87. The number of nitrogens with zero attached hydrogens (tertiary/aromatic N) is 1. The number of aliphatic hydroxyl groups excluding tert-OH is 1. The van der Waals surface area contributed by atoms with E-state index in [9.17, 15) is 14.3 Å². The predicted octanol–water partition coefficient (Wildman–Crippen LogP) is 4.50. The van der Waals surface area contributed by atoms with Crippen molar-refractivity contribution < 1.29 is 19.0 Å². The fraction of sp³-hybridized carbons (Fsp3) is 0.381. The smallest absolute Gasteiger partial charge is 0.256 e. The van der Waals surface area contributed by atoms with Crippen molar-refractivity contribution in [1.29, 1.82) is 0 Å². The van der Waals surface area contributed by atoms with E-state index in [1.54, 1.807) is 18.2 Å². The van der Waals surface area contributed by atoms with Gasteiger partial charge in [-0.25, -0.2) is 4.39 Å². The summed E-state index contributed by atoms with van der Waals surface area (Å²) in [6.45, 7) is 3.09. The van der Waals surface area contributed by atoms with Crippen LogP contribution >= 0.6 is 23.2 Å². The number of benzene rings is 2. The van der Waals surface area contributed by atoms with Crippen LogP contribution in [0.4, 0.5) is 4.39 Å². The third-order valence-electron chi connectivity index (χ3n) is 4.82. The molecule has 0 radical (unpaired) electrons. The van der Waals surface area contributed by atoms with Crippen LogP contribution in [0.3, 0.4) is 0 Å². The number of aliphatic hydroxyl groups is 1. The average molecular weight is 441 g/mol. The summed E-state index contributed by atoms with van der Waals surface area (Å²) in [5.41, 5.74) is 0.218. The Morgan fingerprint density at radius 1 is 1.21 bits per heavy atom. The van der Waals surface area contributed by atoms with Crippen molar-refractivity contribution in [2.45, 2.75) is 25.4 Å². The monoisotopic (exact) mass is 440 g/mol. The number of ether oxygens (including phenoxy) is 1. The summed E-state index contributed by atoms with van der Waals surface area (Å²) in [6.07, 6.45) is 2.18. The number of amides is 1. The van der Waals surface area contributed by atoms with E-state index in [1.165, 1.54) is 18.2 Å². The first-order chi connectivity index (χ1) is 13.9. The number of halogens is 3. The quantitative estimate of drug-likeness (QED) is 0.622. The fourth-order valence-corrected chi connectivity index (χ4v) is 3.64. The molecule has 156 valence electrons. The molecule has 0 spiro atoms. The highest BCUT2D eigenvalue weighted by atomic mass is 35.5. The summed E-state index contributed by atoms with van der Waals surface area (Å²) < 4.78 is 19.1. The lowest BCUT2D eigenvalue weighted by Crippen LogP contribution is -2.37. The Kier molecular flexibility index (Phi) is 7.72. The maximum atomic E-state index is 13.3. The van der Waals surface area contributed by atoms with E-state index < -0.39 is 5.82 Å². The highest BCUT2D eigenvalue weighted by Crippen LogP contribution is 2.32. The van der Waals surface area contributed by atoms with Crippen molar-refractivity contribution in [1.82, 2.24) is 10.2 Å². The Morgan fingerprint density at radius 2 is 1.97 bits per heavy atom. The van der Waals surface area contributed by atoms with Gasteiger partial charge in [0.1, 0.15) is 22.9 Å². The summed E-state index contributed by atoms with van der Waals surface area (Å²) >= 11 is 12.0. The van der Waals surface area contributed by atoms with Crippen LogP contribution in [-0.2, 0) is 0 Å². The molecule has 0 aromatic heterocycles. The molecule has 2 aromatic rings. The first-order valence-electron chi connectivity index (χ1n) is 9.54. The molecule has 1 saturated heterocycles. The lowest BCUT2D eigenvalue weighted by Gasteiger charge is -2.29. The molecule has 1 aliphatic heterocycles.